The number of benzene rings is 1. The van der Waals surface area contributed by atoms with Crippen molar-refractivity contribution in [2.45, 2.75) is 25.7 Å². The van der Waals surface area contributed by atoms with Crippen molar-refractivity contribution < 1.29 is 8.78 Å². The molecule has 106 valence electrons. The zero-order valence-electron chi connectivity index (χ0n) is 11.0. The van der Waals surface area contributed by atoms with Crippen LogP contribution in [-0.4, -0.2) is 31.1 Å². The highest BCUT2D eigenvalue weighted by molar-refractivity contribution is 5.58. The maximum atomic E-state index is 12.9. The first-order chi connectivity index (χ1) is 9.16. The number of likely N-dealkylation sites (tertiary alicyclic amines) is 1. The average molecular weight is 269 g/mol. The minimum absolute atomic E-state index is 0.0128. The van der Waals surface area contributed by atoms with Crippen molar-refractivity contribution in [1.82, 2.24) is 4.90 Å². The maximum Gasteiger partial charge on any atom is 0.265 e. The van der Waals surface area contributed by atoms with Gasteiger partial charge in [-0.2, -0.15) is 0 Å². The largest absolute Gasteiger partial charge is 0.399 e. The summed E-state index contributed by atoms with van der Waals surface area (Å²) in [6.45, 7) is 4.08. The second kappa shape index (κ2) is 6.70. The summed E-state index contributed by atoms with van der Waals surface area (Å²) in [5.41, 5.74) is 6.39. The van der Waals surface area contributed by atoms with Gasteiger partial charge in [-0.05, 0) is 57.1 Å². The number of nitrogens with one attached hydrogen (secondary N) is 1. The second-order valence-corrected chi connectivity index (χ2v) is 4.98. The van der Waals surface area contributed by atoms with Crippen molar-refractivity contribution in [3.8, 4) is 0 Å². The first-order valence-electron chi connectivity index (χ1n) is 6.80. The normalized spacial score (nSPS) is 16.2. The summed E-state index contributed by atoms with van der Waals surface area (Å²) in [5.74, 6) is 0. The minimum atomic E-state index is -2.50. The van der Waals surface area contributed by atoms with Crippen LogP contribution in [0.5, 0.6) is 0 Å². The lowest BCUT2D eigenvalue weighted by atomic mass is 10.1. The van der Waals surface area contributed by atoms with Crippen molar-refractivity contribution in [3.63, 3.8) is 0 Å². The van der Waals surface area contributed by atoms with Gasteiger partial charge in [-0.15, -0.1) is 0 Å². The molecule has 1 aromatic rings. The first kappa shape index (κ1) is 14.1. The summed E-state index contributed by atoms with van der Waals surface area (Å²) in [4.78, 5) is 2.42. The van der Waals surface area contributed by atoms with Gasteiger partial charge in [0, 0.05) is 23.5 Å². The van der Waals surface area contributed by atoms with Gasteiger partial charge in [-0.25, -0.2) is 8.78 Å². The van der Waals surface area contributed by atoms with Crippen molar-refractivity contribution in [1.29, 1.82) is 0 Å². The number of halogens is 2. The Morgan fingerprint density at radius 2 is 2.00 bits per heavy atom. The zero-order chi connectivity index (χ0) is 13.7. The summed E-state index contributed by atoms with van der Waals surface area (Å²) in [6.07, 6.45) is 1.03. The number of hydrogen-bond acceptors (Lipinski definition) is 3. The monoisotopic (exact) mass is 269 g/mol. The van der Waals surface area contributed by atoms with Gasteiger partial charge in [0.2, 0.25) is 0 Å². The Bertz CT molecular complexity index is 404. The van der Waals surface area contributed by atoms with E-state index < -0.39 is 6.43 Å². The standard InChI is InChI=1S/C14H21F2N3/c15-14(16)12-10-11(17)4-5-13(12)18-6-3-9-19-7-1-2-8-19/h4-5,10,14,18H,1-3,6-9,17H2. The predicted octanol–water partition coefficient (Wildman–Crippen LogP) is 3.10. The fourth-order valence-corrected chi connectivity index (χ4v) is 2.45. The summed E-state index contributed by atoms with van der Waals surface area (Å²) < 4.78 is 25.7. The molecule has 0 aromatic heterocycles. The highest BCUT2D eigenvalue weighted by Crippen LogP contribution is 2.28. The summed E-state index contributed by atoms with van der Waals surface area (Å²) in [6, 6.07) is 4.62. The van der Waals surface area contributed by atoms with Crippen LogP contribution in [0, 0.1) is 0 Å². The van der Waals surface area contributed by atoms with Gasteiger partial charge in [0.25, 0.3) is 6.43 Å². The zero-order valence-corrected chi connectivity index (χ0v) is 11.0. The minimum Gasteiger partial charge on any atom is -0.399 e. The molecule has 0 spiro atoms. The van der Waals surface area contributed by atoms with Crippen molar-refractivity contribution in [2.75, 3.05) is 37.2 Å². The third kappa shape index (κ3) is 4.06. The van der Waals surface area contributed by atoms with Crippen LogP contribution in [0.2, 0.25) is 0 Å². The first-order valence-corrected chi connectivity index (χ1v) is 6.80. The third-order valence-electron chi connectivity index (χ3n) is 3.48. The Kier molecular flexibility index (Phi) is 4.96. The Morgan fingerprint density at radius 1 is 1.26 bits per heavy atom. The molecule has 1 aliphatic rings. The van der Waals surface area contributed by atoms with Crippen LogP contribution in [-0.2, 0) is 0 Å². The van der Waals surface area contributed by atoms with Crippen LogP contribution in [0.4, 0.5) is 20.2 Å². The van der Waals surface area contributed by atoms with E-state index in [4.69, 9.17) is 5.73 Å². The van der Waals surface area contributed by atoms with Crippen LogP contribution in [0.25, 0.3) is 0 Å². The number of alkyl halides is 2. The topological polar surface area (TPSA) is 41.3 Å². The Labute approximate surface area is 112 Å². The molecule has 0 amide bonds. The highest BCUT2D eigenvalue weighted by atomic mass is 19.3. The van der Waals surface area contributed by atoms with E-state index in [2.05, 4.69) is 10.2 Å². The summed E-state index contributed by atoms with van der Waals surface area (Å²) >= 11 is 0. The lowest BCUT2D eigenvalue weighted by Gasteiger charge is -2.16. The van der Waals surface area contributed by atoms with E-state index in [-0.39, 0.29) is 5.56 Å². The Morgan fingerprint density at radius 3 is 2.68 bits per heavy atom. The molecule has 1 fully saturated rings. The van der Waals surface area contributed by atoms with Crippen molar-refractivity contribution in [2.24, 2.45) is 0 Å². The molecule has 3 nitrogen and oxygen atoms in total. The van der Waals surface area contributed by atoms with Gasteiger partial charge >= 0.3 is 0 Å². The fraction of sp³-hybridized carbons (Fsp3) is 0.571. The summed E-state index contributed by atoms with van der Waals surface area (Å²) in [7, 11) is 0. The van der Waals surface area contributed by atoms with E-state index in [9.17, 15) is 8.78 Å². The number of nitrogens with zero attached hydrogens (tertiary/aromatic N) is 1. The third-order valence-corrected chi connectivity index (χ3v) is 3.48. The van der Waals surface area contributed by atoms with Gasteiger partial charge < -0.3 is 16.0 Å². The molecule has 0 radical (unpaired) electrons. The fourth-order valence-electron chi connectivity index (χ4n) is 2.45. The van der Waals surface area contributed by atoms with Crippen LogP contribution in [0.3, 0.4) is 0 Å². The number of anilines is 2. The van der Waals surface area contributed by atoms with E-state index >= 15 is 0 Å². The molecule has 1 heterocycles. The molecule has 1 aromatic carbocycles. The van der Waals surface area contributed by atoms with Gasteiger partial charge in [-0.3, -0.25) is 0 Å². The van der Waals surface area contributed by atoms with Crippen molar-refractivity contribution in [3.05, 3.63) is 23.8 Å². The smallest absolute Gasteiger partial charge is 0.265 e. The molecule has 0 saturated carbocycles. The lowest BCUT2D eigenvalue weighted by Crippen LogP contribution is -2.22. The molecule has 0 atom stereocenters. The molecular formula is C14H21F2N3. The Balaban J connectivity index is 1.81. The lowest BCUT2D eigenvalue weighted by molar-refractivity contribution is 0.152. The van der Waals surface area contributed by atoms with E-state index in [1.807, 2.05) is 0 Å². The molecule has 19 heavy (non-hydrogen) atoms. The van der Waals surface area contributed by atoms with E-state index in [1.165, 1.54) is 32.0 Å². The van der Waals surface area contributed by atoms with E-state index in [0.717, 1.165) is 13.0 Å². The van der Waals surface area contributed by atoms with Gasteiger partial charge in [0.1, 0.15) is 0 Å². The SMILES string of the molecule is Nc1ccc(NCCCN2CCCC2)c(C(F)F)c1. The predicted molar refractivity (Wildman–Crippen MR) is 74.6 cm³/mol. The number of hydrogen-bond donors (Lipinski definition) is 2. The molecule has 0 unspecified atom stereocenters. The highest BCUT2D eigenvalue weighted by Gasteiger charge is 2.13. The van der Waals surface area contributed by atoms with E-state index in [0.29, 0.717) is 17.9 Å². The molecule has 0 bridgehead atoms. The molecule has 2 rings (SSSR count). The maximum absolute atomic E-state index is 12.9. The van der Waals surface area contributed by atoms with Gasteiger partial charge in [0.15, 0.2) is 0 Å². The van der Waals surface area contributed by atoms with Crippen LogP contribution < -0.4 is 11.1 Å². The molecule has 0 aliphatic carbocycles. The molecular weight excluding hydrogens is 248 g/mol. The molecule has 1 saturated heterocycles. The average Bonchev–Trinajstić information content (AvgIpc) is 2.89. The number of rotatable bonds is 6. The number of nitrogens with two attached hydrogens (primary N) is 1. The Hall–Kier alpha value is -1.36. The molecule has 1 aliphatic heterocycles. The quantitative estimate of drug-likeness (QED) is 0.616. The molecule has 5 heteroatoms. The van der Waals surface area contributed by atoms with E-state index in [1.54, 1.807) is 12.1 Å². The van der Waals surface area contributed by atoms with Crippen LogP contribution in [0.1, 0.15) is 31.3 Å². The van der Waals surface area contributed by atoms with Gasteiger partial charge in [0.05, 0.1) is 0 Å². The van der Waals surface area contributed by atoms with Crippen molar-refractivity contribution >= 4 is 11.4 Å². The van der Waals surface area contributed by atoms with Crippen LogP contribution in [0.15, 0.2) is 18.2 Å². The summed E-state index contributed by atoms with van der Waals surface area (Å²) in [5, 5.41) is 3.08. The van der Waals surface area contributed by atoms with Crippen LogP contribution >= 0.6 is 0 Å². The molecule has 3 N–H and O–H groups in total. The van der Waals surface area contributed by atoms with Gasteiger partial charge in [-0.1, -0.05) is 0 Å². The number of nitrogen functional groups attached to an aromatic ring is 1. The second-order valence-electron chi connectivity index (χ2n) is 4.98.